The van der Waals surface area contributed by atoms with Crippen LogP contribution in [-0.4, -0.2) is 76.4 Å². The Morgan fingerprint density at radius 3 is 2.58 bits per heavy atom. The number of ether oxygens (including phenoxy) is 1. The van der Waals surface area contributed by atoms with Gasteiger partial charge in [-0.05, 0) is 44.4 Å². The molecule has 4 aromatic rings. The number of fused-ring (bicyclic) bond motifs is 5. The molecule has 2 aromatic heterocycles. The van der Waals surface area contributed by atoms with E-state index in [4.69, 9.17) is 10.5 Å². The van der Waals surface area contributed by atoms with Gasteiger partial charge in [0.05, 0.1) is 26.8 Å². The van der Waals surface area contributed by atoms with Crippen molar-refractivity contribution in [2.45, 2.75) is 62.1 Å². The Labute approximate surface area is 257 Å². The number of nitrogens with zero attached hydrogens (tertiary/aromatic N) is 5. The van der Waals surface area contributed by atoms with Gasteiger partial charge in [-0.1, -0.05) is 11.3 Å². The van der Waals surface area contributed by atoms with Crippen molar-refractivity contribution in [3.63, 3.8) is 0 Å². The molecule has 0 amide bonds. The molecule has 2 bridgehead atoms. The number of halogens is 6. The fourth-order valence-corrected chi connectivity index (χ4v) is 8.54. The molecule has 4 saturated heterocycles. The largest absolute Gasteiger partial charge is 0.461 e. The SMILES string of the molecule is Nc1nc2c(-c3cc4nc(OC[C@@]56CCCN5C[C@H](F)C6)nc(N5CC6CCC(C5)N6)c4cc3C(F)(F)F)c(F)cc(F)c2s1. The van der Waals surface area contributed by atoms with Gasteiger partial charge < -0.3 is 20.7 Å². The molecular formula is C30H29F6N7OS. The number of hydrogen-bond acceptors (Lipinski definition) is 9. The number of anilines is 2. The van der Waals surface area contributed by atoms with Crippen LogP contribution in [-0.2, 0) is 6.18 Å². The van der Waals surface area contributed by atoms with E-state index in [0.717, 1.165) is 55.7 Å². The summed E-state index contributed by atoms with van der Waals surface area (Å²) in [5, 5.41) is 3.53. The highest BCUT2D eigenvalue weighted by Crippen LogP contribution is 2.46. The maximum Gasteiger partial charge on any atom is 0.417 e. The van der Waals surface area contributed by atoms with Crippen LogP contribution >= 0.6 is 11.3 Å². The number of nitrogens with two attached hydrogens (primary N) is 1. The number of rotatable bonds is 5. The predicted molar refractivity (Wildman–Crippen MR) is 158 cm³/mol. The third kappa shape index (κ3) is 4.85. The van der Waals surface area contributed by atoms with Crippen molar-refractivity contribution in [3.8, 4) is 17.1 Å². The van der Waals surface area contributed by atoms with E-state index in [-0.39, 0.29) is 56.8 Å². The molecule has 238 valence electrons. The Hall–Kier alpha value is -3.43. The molecule has 4 aliphatic heterocycles. The molecule has 0 saturated carbocycles. The van der Waals surface area contributed by atoms with Crippen molar-refractivity contribution in [3.05, 3.63) is 35.4 Å². The highest BCUT2D eigenvalue weighted by molar-refractivity contribution is 7.22. The van der Waals surface area contributed by atoms with Gasteiger partial charge in [-0.2, -0.15) is 23.1 Å². The zero-order valence-electron chi connectivity index (χ0n) is 23.9. The fraction of sp³-hybridized carbons (Fsp3) is 0.500. The zero-order chi connectivity index (χ0) is 31.2. The molecule has 4 aliphatic rings. The van der Waals surface area contributed by atoms with Gasteiger partial charge in [0.2, 0.25) is 0 Å². The molecule has 0 spiro atoms. The van der Waals surface area contributed by atoms with Crippen LogP contribution in [0, 0.1) is 11.6 Å². The first kappa shape index (κ1) is 29.0. The van der Waals surface area contributed by atoms with Crippen LogP contribution in [0.2, 0.25) is 0 Å². The first-order chi connectivity index (χ1) is 21.5. The van der Waals surface area contributed by atoms with Gasteiger partial charge in [-0.3, -0.25) is 4.90 Å². The van der Waals surface area contributed by atoms with Gasteiger partial charge in [-0.15, -0.1) is 0 Å². The molecule has 8 rings (SSSR count). The van der Waals surface area contributed by atoms with Crippen LogP contribution < -0.4 is 20.7 Å². The first-order valence-electron chi connectivity index (χ1n) is 15.0. The maximum absolute atomic E-state index is 15.4. The van der Waals surface area contributed by atoms with Gasteiger partial charge >= 0.3 is 12.2 Å². The number of nitrogen functional groups attached to an aromatic ring is 1. The molecule has 8 nitrogen and oxygen atoms in total. The van der Waals surface area contributed by atoms with Gasteiger partial charge in [-0.25, -0.2) is 18.2 Å². The standard InChI is InChI=1S/C30H29F6N7OS/c31-14-9-29(4-1-5-43(29)10-14)13-44-28-39-22-7-17(23-20(32)8-21(33)25-24(23)40-27(37)45-25)19(30(34,35)36)6-18(22)26(41-28)42-11-15-2-3-16(12-42)38-15/h6-8,14-16,38H,1-5,9-13H2,(H2,37,40)/t14-,15?,16?,29+/m1/s1. The number of benzene rings is 2. The van der Waals surface area contributed by atoms with Crippen molar-refractivity contribution < 1.29 is 31.1 Å². The maximum atomic E-state index is 15.4. The second-order valence-electron chi connectivity index (χ2n) is 12.6. The van der Waals surface area contributed by atoms with E-state index in [1.54, 1.807) is 0 Å². The lowest BCUT2D eigenvalue weighted by Gasteiger charge is -2.35. The van der Waals surface area contributed by atoms with Crippen molar-refractivity contribution in [1.82, 2.24) is 25.2 Å². The molecule has 15 heteroatoms. The minimum absolute atomic E-state index is 0.0553. The normalized spacial score (nSPS) is 26.8. The van der Waals surface area contributed by atoms with Crippen molar-refractivity contribution in [2.75, 3.05) is 43.4 Å². The van der Waals surface area contributed by atoms with Crippen molar-refractivity contribution >= 4 is 43.4 Å². The Kier molecular flexibility index (Phi) is 6.63. The number of piperazine rings is 1. The van der Waals surface area contributed by atoms with Crippen LogP contribution in [0.3, 0.4) is 0 Å². The Balaban J connectivity index is 1.31. The highest BCUT2D eigenvalue weighted by Gasteiger charge is 2.49. The van der Waals surface area contributed by atoms with Gasteiger partial charge in [0.1, 0.15) is 30.2 Å². The van der Waals surface area contributed by atoms with Crippen LogP contribution in [0.1, 0.15) is 37.7 Å². The lowest BCUT2D eigenvalue weighted by atomic mass is 9.95. The third-order valence-electron chi connectivity index (χ3n) is 9.71. The summed E-state index contributed by atoms with van der Waals surface area (Å²) < 4.78 is 94.8. The summed E-state index contributed by atoms with van der Waals surface area (Å²) in [6, 6.07) is 2.87. The molecule has 3 N–H and O–H groups in total. The third-order valence-corrected chi connectivity index (χ3v) is 10.6. The van der Waals surface area contributed by atoms with E-state index >= 15 is 4.39 Å². The van der Waals surface area contributed by atoms with Crippen LogP contribution in [0.5, 0.6) is 6.01 Å². The van der Waals surface area contributed by atoms with E-state index in [1.165, 1.54) is 0 Å². The number of hydrogen-bond donors (Lipinski definition) is 2. The minimum atomic E-state index is -4.91. The zero-order valence-corrected chi connectivity index (χ0v) is 24.7. The molecule has 2 unspecified atom stereocenters. The van der Waals surface area contributed by atoms with Gasteiger partial charge in [0, 0.05) is 60.7 Å². The Bertz CT molecular complexity index is 1820. The highest BCUT2D eigenvalue weighted by atomic mass is 32.1. The smallest absolute Gasteiger partial charge is 0.417 e. The van der Waals surface area contributed by atoms with E-state index in [1.807, 2.05) is 4.90 Å². The van der Waals surface area contributed by atoms with Crippen molar-refractivity contribution in [1.29, 1.82) is 0 Å². The lowest BCUT2D eigenvalue weighted by molar-refractivity contribution is -0.137. The van der Waals surface area contributed by atoms with Crippen LogP contribution in [0.25, 0.3) is 32.2 Å². The number of thiazole rings is 1. The second-order valence-corrected chi connectivity index (χ2v) is 13.6. The summed E-state index contributed by atoms with van der Waals surface area (Å²) in [6.45, 7) is 2.28. The molecule has 45 heavy (non-hydrogen) atoms. The quantitative estimate of drug-likeness (QED) is 0.267. The summed E-state index contributed by atoms with van der Waals surface area (Å²) in [6.07, 6.45) is -2.02. The second kappa shape index (κ2) is 10.3. The summed E-state index contributed by atoms with van der Waals surface area (Å²) in [4.78, 5) is 17.2. The molecule has 4 fully saturated rings. The van der Waals surface area contributed by atoms with E-state index in [9.17, 15) is 22.0 Å². The van der Waals surface area contributed by atoms with E-state index in [0.29, 0.717) is 32.1 Å². The molecular weight excluding hydrogens is 620 g/mol. The summed E-state index contributed by atoms with van der Waals surface area (Å²) in [5.41, 5.74) is 2.88. The molecule has 6 heterocycles. The topological polar surface area (TPSA) is 92.4 Å². The Morgan fingerprint density at radius 1 is 1.04 bits per heavy atom. The average molecular weight is 650 g/mol. The van der Waals surface area contributed by atoms with Crippen molar-refractivity contribution in [2.24, 2.45) is 0 Å². The molecule has 4 atom stereocenters. The van der Waals surface area contributed by atoms with Crippen LogP contribution in [0.15, 0.2) is 18.2 Å². The van der Waals surface area contributed by atoms with Gasteiger partial charge in [0.25, 0.3) is 0 Å². The van der Waals surface area contributed by atoms with Gasteiger partial charge in [0.15, 0.2) is 5.13 Å². The summed E-state index contributed by atoms with van der Waals surface area (Å²) in [5.74, 6) is -1.89. The Morgan fingerprint density at radius 2 is 1.82 bits per heavy atom. The minimum Gasteiger partial charge on any atom is -0.461 e. The number of alkyl halides is 4. The van der Waals surface area contributed by atoms with E-state index < -0.39 is 46.2 Å². The predicted octanol–water partition coefficient (Wildman–Crippen LogP) is 5.68. The monoisotopic (exact) mass is 649 g/mol. The first-order valence-corrected chi connectivity index (χ1v) is 15.8. The molecule has 2 aromatic carbocycles. The summed E-state index contributed by atoms with van der Waals surface area (Å²) >= 11 is 0.724. The molecule has 0 aliphatic carbocycles. The van der Waals surface area contributed by atoms with E-state index in [2.05, 4.69) is 25.2 Å². The summed E-state index contributed by atoms with van der Waals surface area (Å²) in [7, 11) is 0. The fourth-order valence-electron chi connectivity index (χ4n) is 7.79. The lowest BCUT2D eigenvalue weighted by Crippen LogP contribution is -2.51. The number of nitrogens with one attached hydrogen (secondary N) is 1. The van der Waals surface area contributed by atoms with Crippen LogP contribution in [0.4, 0.5) is 37.3 Å². The average Bonchev–Trinajstić information content (AvgIpc) is 3.72. The number of aromatic nitrogens is 3. The molecule has 0 radical (unpaired) electrons.